The maximum Gasteiger partial charge on any atom is 0.226 e. The van der Waals surface area contributed by atoms with Gasteiger partial charge in [0.25, 0.3) is 0 Å². The standard InChI is InChI=1S/C9H9BrF2N2OS/c1-13(2)9-7(14(5-15)16-12)4-3-6(11)8(9)10/h3-5H,1-2H3. The fraction of sp³-hybridized carbons (Fsp3) is 0.222. The highest BCUT2D eigenvalue weighted by molar-refractivity contribution is 9.10. The molecule has 0 aromatic heterocycles. The van der Waals surface area contributed by atoms with Crippen molar-refractivity contribution >= 4 is 46.0 Å². The first-order chi connectivity index (χ1) is 7.52. The van der Waals surface area contributed by atoms with E-state index in [9.17, 15) is 13.1 Å². The van der Waals surface area contributed by atoms with Crippen LogP contribution in [0, 0.1) is 5.82 Å². The first-order valence-corrected chi connectivity index (χ1v) is 5.68. The molecule has 7 heteroatoms. The largest absolute Gasteiger partial charge is 0.375 e. The smallest absolute Gasteiger partial charge is 0.226 e. The summed E-state index contributed by atoms with van der Waals surface area (Å²) in [6, 6.07) is 2.51. The average Bonchev–Trinajstić information content (AvgIpc) is 2.24. The summed E-state index contributed by atoms with van der Waals surface area (Å²) in [6.45, 7) is 0. The van der Waals surface area contributed by atoms with Gasteiger partial charge < -0.3 is 4.90 Å². The molecule has 88 valence electrons. The quantitative estimate of drug-likeness (QED) is 0.630. The topological polar surface area (TPSA) is 23.6 Å². The minimum absolute atomic E-state index is 0.191. The monoisotopic (exact) mass is 310 g/mol. The molecule has 1 rings (SSSR count). The molecule has 0 saturated heterocycles. The third kappa shape index (κ3) is 2.46. The first kappa shape index (κ1) is 13.2. The lowest BCUT2D eigenvalue weighted by molar-refractivity contribution is -0.106. The zero-order chi connectivity index (χ0) is 12.3. The van der Waals surface area contributed by atoms with Gasteiger partial charge in [0.05, 0.1) is 15.8 Å². The van der Waals surface area contributed by atoms with Gasteiger partial charge in [-0.15, -0.1) is 3.89 Å². The number of benzene rings is 1. The normalized spacial score (nSPS) is 10.1. The van der Waals surface area contributed by atoms with E-state index in [0.717, 1.165) is 4.31 Å². The van der Waals surface area contributed by atoms with Crippen LogP contribution in [0.25, 0.3) is 0 Å². The van der Waals surface area contributed by atoms with E-state index in [0.29, 0.717) is 12.1 Å². The van der Waals surface area contributed by atoms with Crippen molar-refractivity contribution in [1.82, 2.24) is 0 Å². The van der Waals surface area contributed by atoms with Crippen LogP contribution in [-0.2, 0) is 4.79 Å². The molecule has 0 fully saturated rings. The number of carbonyl (C=O) groups excluding carboxylic acids is 1. The van der Waals surface area contributed by atoms with E-state index >= 15 is 0 Å². The second-order valence-electron chi connectivity index (χ2n) is 3.12. The van der Waals surface area contributed by atoms with Crippen LogP contribution >= 0.6 is 28.3 Å². The second-order valence-corrected chi connectivity index (χ2v) is 4.45. The maximum absolute atomic E-state index is 13.3. The van der Waals surface area contributed by atoms with Crippen molar-refractivity contribution < 1.29 is 13.1 Å². The van der Waals surface area contributed by atoms with E-state index in [4.69, 9.17) is 0 Å². The van der Waals surface area contributed by atoms with Gasteiger partial charge in [0.2, 0.25) is 6.41 Å². The third-order valence-corrected chi connectivity index (χ3v) is 3.09. The van der Waals surface area contributed by atoms with Gasteiger partial charge in [-0.1, -0.05) is 0 Å². The zero-order valence-electron chi connectivity index (χ0n) is 8.58. The lowest BCUT2D eigenvalue weighted by Crippen LogP contribution is -2.17. The molecule has 0 spiro atoms. The molecule has 0 N–H and O–H groups in total. The van der Waals surface area contributed by atoms with Gasteiger partial charge in [-0.25, -0.2) is 8.70 Å². The fourth-order valence-corrected chi connectivity index (χ4v) is 2.19. The van der Waals surface area contributed by atoms with Crippen LogP contribution in [0.3, 0.4) is 0 Å². The Kier molecular flexibility index (Phi) is 4.55. The number of rotatable bonds is 4. The zero-order valence-corrected chi connectivity index (χ0v) is 11.0. The molecule has 16 heavy (non-hydrogen) atoms. The summed E-state index contributed by atoms with van der Waals surface area (Å²) in [4.78, 5) is 12.2. The summed E-state index contributed by atoms with van der Waals surface area (Å²) in [6.07, 6.45) is 0.331. The lowest BCUT2D eigenvalue weighted by atomic mass is 10.2. The van der Waals surface area contributed by atoms with Crippen molar-refractivity contribution in [2.24, 2.45) is 0 Å². The molecule has 0 aliphatic carbocycles. The van der Waals surface area contributed by atoms with E-state index in [1.807, 2.05) is 0 Å². The Balaban J connectivity index is 3.38. The molecule has 3 nitrogen and oxygen atoms in total. The van der Waals surface area contributed by atoms with Crippen molar-refractivity contribution in [3.8, 4) is 0 Å². The number of anilines is 2. The SMILES string of the molecule is CN(C)c1c(N(C=O)SF)ccc(F)c1Br. The van der Waals surface area contributed by atoms with Crippen molar-refractivity contribution in [3.63, 3.8) is 0 Å². The fourth-order valence-electron chi connectivity index (χ4n) is 1.24. The second kappa shape index (κ2) is 5.49. The van der Waals surface area contributed by atoms with Gasteiger partial charge in [0.15, 0.2) is 12.3 Å². The van der Waals surface area contributed by atoms with E-state index in [1.165, 1.54) is 12.1 Å². The predicted octanol–water partition coefficient (Wildman–Crippen LogP) is 3.15. The van der Waals surface area contributed by atoms with Gasteiger partial charge in [-0.3, -0.25) is 4.79 Å². The predicted molar refractivity (Wildman–Crippen MR) is 65.7 cm³/mol. The van der Waals surface area contributed by atoms with Crippen LogP contribution in [-0.4, -0.2) is 20.5 Å². The van der Waals surface area contributed by atoms with Gasteiger partial charge in [-0.2, -0.15) is 0 Å². The lowest BCUT2D eigenvalue weighted by Gasteiger charge is -2.22. The van der Waals surface area contributed by atoms with Gasteiger partial charge in [0.1, 0.15) is 5.82 Å². The molecule has 0 aliphatic rings. The summed E-state index contributed by atoms with van der Waals surface area (Å²) < 4.78 is 26.8. The van der Waals surface area contributed by atoms with Gasteiger partial charge in [-0.05, 0) is 28.1 Å². The number of carbonyl (C=O) groups is 1. The molecular weight excluding hydrogens is 302 g/mol. The molecule has 1 amide bonds. The summed E-state index contributed by atoms with van der Waals surface area (Å²) in [7, 11) is 3.35. The number of hydrogen-bond donors (Lipinski definition) is 0. The van der Waals surface area contributed by atoms with E-state index in [1.54, 1.807) is 19.0 Å². The Hall–Kier alpha value is -0.820. The van der Waals surface area contributed by atoms with Gasteiger partial charge in [0, 0.05) is 14.1 Å². The molecule has 0 unspecified atom stereocenters. The Morgan fingerprint density at radius 2 is 2.06 bits per heavy atom. The molecule has 0 bridgehead atoms. The maximum atomic E-state index is 13.3. The van der Waals surface area contributed by atoms with Crippen molar-refractivity contribution in [2.45, 2.75) is 0 Å². The van der Waals surface area contributed by atoms with Crippen LogP contribution in [0.5, 0.6) is 0 Å². The first-order valence-electron chi connectivity index (χ1n) is 4.21. The Morgan fingerprint density at radius 3 is 2.50 bits per heavy atom. The van der Waals surface area contributed by atoms with Crippen molar-refractivity contribution in [3.05, 3.63) is 22.4 Å². The summed E-state index contributed by atoms with van der Waals surface area (Å²) in [5, 5.41) is 0. The molecule has 0 atom stereocenters. The summed E-state index contributed by atoms with van der Waals surface area (Å²) in [5.74, 6) is -0.470. The average molecular weight is 311 g/mol. The van der Waals surface area contributed by atoms with E-state index in [-0.39, 0.29) is 22.5 Å². The van der Waals surface area contributed by atoms with Crippen LogP contribution in [0.1, 0.15) is 0 Å². The highest BCUT2D eigenvalue weighted by Gasteiger charge is 2.18. The van der Waals surface area contributed by atoms with E-state index in [2.05, 4.69) is 15.9 Å². The molecule has 0 heterocycles. The number of halogens is 3. The number of hydrogen-bond acceptors (Lipinski definition) is 3. The minimum Gasteiger partial charge on any atom is -0.375 e. The highest BCUT2D eigenvalue weighted by Crippen LogP contribution is 2.39. The molecule has 0 aliphatic heterocycles. The number of nitrogens with zero attached hydrogens (tertiary/aromatic N) is 2. The summed E-state index contributed by atoms with van der Waals surface area (Å²) >= 11 is 2.83. The molecule has 1 aromatic carbocycles. The molecular formula is C9H9BrF2N2OS. The molecule has 1 aromatic rings. The Bertz CT molecular complexity index is 403. The van der Waals surface area contributed by atoms with Crippen molar-refractivity contribution in [2.75, 3.05) is 23.3 Å². The van der Waals surface area contributed by atoms with Gasteiger partial charge >= 0.3 is 0 Å². The Labute approximate surface area is 105 Å². The van der Waals surface area contributed by atoms with Crippen LogP contribution in [0.15, 0.2) is 16.6 Å². The Morgan fingerprint density at radius 1 is 1.44 bits per heavy atom. The van der Waals surface area contributed by atoms with E-state index < -0.39 is 5.82 Å². The van der Waals surface area contributed by atoms with Crippen LogP contribution in [0.4, 0.5) is 19.7 Å². The molecule has 0 radical (unpaired) electrons. The van der Waals surface area contributed by atoms with Crippen LogP contribution in [0.2, 0.25) is 0 Å². The number of amides is 1. The van der Waals surface area contributed by atoms with Crippen LogP contribution < -0.4 is 9.21 Å². The summed E-state index contributed by atoms with van der Waals surface area (Å²) in [5.41, 5.74) is 0.679. The minimum atomic E-state index is -0.470. The third-order valence-electron chi connectivity index (χ3n) is 1.90. The highest BCUT2D eigenvalue weighted by atomic mass is 79.9. The molecule has 0 saturated carbocycles. The van der Waals surface area contributed by atoms with Crippen molar-refractivity contribution in [1.29, 1.82) is 0 Å².